The maximum atomic E-state index is 9.37. The van der Waals surface area contributed by atoms with Gasteiger partial charge in [0.15, 0.2) is 0 Å². The SMILES string of the molecule is N#CSC[C@H](c1ccc(O)cc1)c1ccc(Cl)c(Cl)c1. The minimum atomic E-state index is 0.0232. The van der Waals surface area contributed by atoms with Crippen molar-refractivity contribution in [3.05, 3.63) is 63.6 Å². The van der Waals surface area contributed by atoms with Gasteiger partial charge in [-0.1, -0.05) is 41.4 Å². The van der Waals surface area contributed by atoms with Crippen LogP contribution in [0.5, 0.6) is 5.75 Å². The van der Waals surface area contributed by atoms with Gasteiger partial charge in [-0.15, -0.1) is 0 Å². The van der Waals surface area contributed by atoms with E-state index in [1.807, 2.05) is 24.3 Å². The Kier molecular flexibility index (Phi) is 5.19. The monoisotopic (exact) mass is 323 g/mol. The molecule has 0 aliphatic carbocycles. The molecule has 0 aliphatic rings. The molecule has 0 aromatic heterocycles. The lowest BCUT2D eigenvalue weighted by atomic mass is 9.93. The molecular weight excluding hydrogens is 313 g/mol. The number of rotatable bonds is 4. The average molecular weight is 324 g/mol. The smallest absolute Gasteiger partial charge is 0.133 e. The molecule has 2 nitrogen and oxygen atoms in total. The Hall–Kier alpha value is -1.34. The van der Waals surface area contributed by atoms with Gasteiger partial charge < -0.3 is 5.11 Å². The zero-order valence-corrected chi connectivity index (χ0v) is 12.7. The van der Waals surface area contributed by atoms with E-state index in [4.69, 9.17) is 28.5 Å². The van der Waals surface area contributed by atoms with E-state index >= 15 is 0 Å². The molecule has 0 unspecified atom stereocenters. The topological polar surface area (TPSA) is 44.0 Å². The van der Waals surface area contributed by atoms with E-state index in [1.165, 1.54) is 11.8 Å². The van der Waals surface area contributed by atoms with Crippen molar-refractivity contribution in [2.45, 2.75) is 5.92 Å². The maximum Gasteiger partial charge on any atom is 0.133 e. The van der Waals surface area contributed by atoms with E-state index < -0.39 is 0 Å². The van der Waals surface area contributed by atoms with Crippen LogP contribution in [-0.2, 0) is 0 Å². The van der Waals surface area contributed by atoms with Crippen molar-refractivity contribution in [3.63, 3.8) is 0 Å². The molecule has 2 rings (SSSR count). The molecule has 0 amide bonds. The third-order valence-corrected chi connectivity index (χ3v) is 4.32. The van der Waals surface area contributed by atoms with Crippen molar-refractivity contribution in [2.75, 3.05) is 5.75 Å². The van der Waals surface area contributed by atoms with Gasteiger partial charge in [0, 0.05) is 11.7 Å². The van der Waals surface area contributed by atoms with E-state index in [-0.39, 0.29) is 11.7 Å². The molecule has 2 aromatic carbocycles. The summed E-state index contributed by atoms with van der Waals surface area (Å²) < 4.78 is 0. The van der Waals surface area contributed by atoms with Gasteiger partial charge in [-0.3, -0.25) is 0 Å². The molecule has 0 saturated heterocycles. The zero-order chi connectivity index (χ0) is 14.5. The van der Waals surface area contributed by atoms with Gasteiger partial charge in [-0.2, -0.15) is 5.26 Å². The van der Waals surface area contributed by atoms with Gasteiger partial charge in [-0.25, -0.2) is 0 Å². The Bertz CT molecular complexity index is 637. The summed E-state index contributed by atoms with van der Waals surface area (Å²) in [6, 6.07) is 12.4. The van der Waals surface area contributed by atoms with Crippen molar-refractivity contribution in [2.24, 2.45) is 0 Å². The van der Waals surface area contributed by atoms with Crippen LogP contribution in [0.25, 0.3) is 0 Å². The summed E-state index contributed by atoms with van der Waals surface area (Å²) in [5.41, 5.74) is 2.01. The quantitative estimate of drug-likeness (QED) is 0.801. The van der Waals surface area contributed by atoms with Crippen LogP contribution in [0.15, 0.2) is 42.5 Å². The van der Waals surface area contributed by atoms with Crippen LogP contribution >= 0.6 is 35.0 Å². The highest BCUT2D eigenvalue weighted by molar-refractivity contribution is 8.03. The standard InChI is InChI=1S/C15H11Cl2NOS/c16-14-6-3-11(7-15(14)17)13(8-20-9-18)10-1-4-12(19)5-2-10/h1-7,13,19H,8H2/t13-/m1/s1. The molecule has 0 spiro atoms. The summed E-state index contributed by atoms with van der Waals surface area (Å²) in [6.45, 7) is 0. The second kappa shape index (κ2) is 6.90. The number of nitrogens with zero attached hydrogens (tertiary/aromatic N) is 1. The molecule has 0 saturated carbocycles. The minimum Gasteiger partial charge on any atom is -0.508 e. The van der Waals surface area contributed by atoms with Crippen molar-refractivity contribution >= 4 is 35.0 Å². The van der Waals surface area contributed by atoms with E-state index in [2.05, 4.69) is 5.40 Å². The molecule has 1 N–H and O–H groups in total. The second-order valence-electron chi connectivity index (χ2n) is 4.22. The summed E-state index contributed by atoms with van der Waals surface area (Å²) >= 11 is 13.2. The first-order valence-electron chi connectivity index (χ1n) is 5.86. The summed E-state index contributed by atoms with van der Waals surface area (Å²) in [7, 11) is 0. The molecule has 20 heavy (non-hydrogen) atoms. The first-order valence-corrected chi connectivity index (χ1v) is 7.60. The third-order valence-electron chi connectivity index (χ3n) is 2.96. The number of hydrogen-bond donors (Lipinski definition) is 1. The van der Waals surface area contributed by atoms with E-state index in [9.17, 15) is 5.11 Å². The summed E-state index contributed by atoms with van der Waals surface area (Å²) in [5, 5.41) is 21.2. The summed E-state index contributed by atoms with van der Waals surface area (Å²) in [5.74, 6) is 0.851. The van der Waals surface area contributed by atoms with Crippen LogP contribution in [0.1, 0.15) is 17.0 Å². The fourth-order valence-electron chi connectivity index (χ4n) is 1.94. The van der Waals surface area contributed by atoms with E-state index in [1.54, 1.807) is 18.2 Å². The molecule has 2 aromatic rings. The third kappa shape index (κ3) is 3.61. The number of halogens is 2. The van der Waals surface area contributed by atoms with Crippen molar-refractivity contribution in [3.8, 4) is 11.2 Å². The predicted octanol–water partition coefficient (Wildman–Crippen LogP) is 5.05. The fraction of sp³-hybridized carbons (Fsp3) is 0.133. The Labute approximate surface area is 131 Å². The lowest BCUT2D eigenvalue weighted by Crippen LogP contribution is -2.04. The van der Waals surface area contributed by atoms with Gasteiger partial charge in [0.2, 0.25) is 0 Å². The number of phenols is 1. The molecule has 0 fully saturated rings. The number of benzene rings is 2. The number of thiocyanates is 1. The average Bonchev–Trinajstić information content (AvgIpc) is 2.45. The van der Waals surface area contributed by atoms with Gasteiger partial charge in [0.05, 0.1) is 10.0 Å². The summed E-state index contributed by atoms with van der Waals surface area (Å²) in [6.07, 6.45) is 0. The largest absolute Gasteiger partial charge is 0.508 e. The van der Waals surface area contributed by atoms with Gasteiger partial charge in [-0.05, 0) is 47.2 Å². The number of aromatic hydroxyl groups is 1. The van der Waals surface area contributed by atoms with Gasteiger partial charge >= 0.3 is 0 Å². The zero-order valence-electron chi connectivity index (χ0n) is 10.4. The van der Waals surface area contributed by atoms with E-state index in [0.717, 1.165) is 11.1 Å². The van der Waals surface area contributed by atoms with Crippen LogP contribution in [0, 0.1) is 10.7 Å². The first-order chi connectivity index (χ1) is 9.61. The number of phenolic OH excluding ortho intramolecular Hbond substituents is 1. The minimum absolute atomic E-state index is 0.0232. The second-order valence-corrected chi connectivity index (χ2v) is 5.84. The number of nitriles is 1. The van der Waals surface area contributed by atoms with Crippen molar-refractivity contribution in [1.29, 1.82) is 5.26 Å². The van der Waals surface area contributed by atoms with Crippen LogP contribution in [0.3, 0.4) is 0 Å². The van der Waals surface area contributed by atoms with Crippen LogP contribution in [-0.4, -0.2) is 10.9 Å². The summed E-state index contributed by atoms with van der Waals surface area (Å²) in [4.78, 5) is 0. The number of thioether (sulfide) groups is 1. The molecule has 0 bridgehead atoms. The highest BCUT2D eigenvalue weighted by atomic mass is 35.5. The maximum absolute atomic E-state index is 9.37. The normalized spacial score (nSPS) is 11.8. The lowest BCUT2D eigenvalue weighted by molar-refractivity contribution is 0.475. The highest BCUT2D eigenvalue weighted by Crippen LogP contribution is 2.33. The Morgan fingerprint density at radius 1 is 1.05 bits per heavy atom. The molecule has 1 atom stereocenters. The van der Waals surface area contributed by atoms with Crippen LogP contribution < -0.4 is 0 Å². The van der Waals surface area contributed by atoms with Crippen molar-refractivity contribution in [1.82, 2.24) is 0 Å². The Balaban J connectivity index is 2.38. The van der Waals surface area contributed by atoms with Gasteiger partial charge in [0.1, 0.15) is 11.2 Å². The van der Waals surface area contributed by atoms with Crippen LogP contribution in [0.4, 0.5) is 0 Å². The lowest BCUT2D eigenvalue weighted by Gasteiger charge is -2.17. The molecule has 0 heterocycles. The molecule has 0 aliphatic heterocycles. The molecule has 5 heteroatoms. The van der Waals surface area contributed by atoms with Crippen molar-refractivity contribution < 1.29 is 5.11 Å². The first kappa shape index (κ1) is 15.1. The van der Waals surface area contributed by atoms with Crippen LogP contribution in [0.2, 0.25) is 10.0 Å². The fourth-order valence-corrected chi connectivity index (χ4v) is 2.87. The predicted molar refractivity (Wildman–Crippen MR) is 84.5 cm³/mol. The van der Waals surface area contributed by atoms with Gasteiger partial charge in [0.25, 0.3) is 0 Å². The molecule has 102 valence electrons. The Morgan fingerprint density at radius 3 is 2.30 bits per heavy atom. The highest BCUT2D eigenvalue weighted by Gasteiger charge is 2.15. The molecular formula is C15H11Cl2NOS. The van der Waals surface area contributed by atoms with E-state index in [0.29, 0.717) is 15.8 Å². The molecule has 0 radical (unpaired) electrons. The Morgan fingerprint density at radius 2 is 1.70 bits per heavy atom. The number of hydrogen-bond acceptors (Lipinski definition) is 3.